The fraction of sp³-hybridized carbons (Fsp3) is 0.0556. The Hall–Kier alpha value is -2.31. The van der Waals surface area contributed by atoms with E-state index in [0.29, 0.717) is 18.3 Å². The van der Waals surface area contributed by atoms with Crippen molar-refractivity contribution >= 4 is 37.5 Å². The van der Waals surface area contributed by atoms with Crippen molar-refractivity contribution in [2.24, 2.45) is 0 Å². The lowest BCUT2D eigenvalue weighted by molar-refractivity contribution is 0.298. The van der Waals surface area contributed by atoms with E-state index in [1.165, 1.54) is 0 Å². The van der Waals surface area contributed by atoms with Gasteiger partial charge in [-0.2, -0.15) is 4.98 Å². The third kappa shape index (κ3) is 3.02. The van der Waals surface area contributed by atoms with Crippen LogP contribution in [0.25, 0.3) is 21.7 Å². The van der Waals surface area contributed by atoms with Crippen LogP contribution in [0.2, 0.25) is 0 Å². The molecule has 6 heteroatoms. The molecule has 118 valence electrons. The Morgan fingerprint density at radius 1 is 1.00 bits per heavy atom. The highest BCUT2D eigenvalue weighted by Gasteiger charge is 2.15. The minimum absolute atomic E-state index is 0.462. The van der Waals surface area contributed by atoms with Crippen molar-refractivity contribution in [3.05, 3.63) is 70.1 Å². The van der Waals surface area contributed by atoms with Gasteiger partial charge in [0.2, 0.25) is 5.88 Å². The largest absolute Gasteiger partial charge is 0.472 e. The molecule has 0 aliphatic rings. The second-order valence-corrected chi connectivity index (χ2v) is 6.84. The molecule has 4 nitrogen and oxygen atoms in total. The Morgan fingerprint density at radius 3 is 2.62 bits per heavy atom. The Bertz CT molecular complexity index is 974. The number of hydrogen-bond donors (Lipinski definition) is 0. The summed E-state index contributed by atoms with van der Waals surface area (Å²) >= 11 is 5.11. The van der Waals surface area contributed by atoms with Crippen molar-refractivity contribution in [1.29, 1.82) is 0 Å². The summed E-state index contributed by atoms with van der Waals surface area (Å²) in [5.41, 5.74) is 2.67. The maximum atomic E-state index is 5.99. The minimum atomic E-state index is 0.462. The molecule has 0 aliphatic carbocycles. The van der Waals surface area contributed by atoms with Crippen LogP contribution < -0.4 is 4.74 Å². The van der Waals surface area contributed by atoms with Crippen molar-refractivity contribution in [2.75, 3.05) is 0 Å². The Balaban J connectivity index is 1.76. The second kappa shape index (κ2) is 6.67. The fourth-order valence-corrected chi connectivity index (χ4v) is 3.80. The van der Waals surface area contributed by atoms with Crippen LogP contribution >= 0.6 is 27.3 Å². The summed E-state index contributed by atoms with van der Waals surface area (Å²) in [6.07, 6.45) is 1.73. The lowest BCUT2D eigenvalue weighted by Gasteiger charge is -2.08. The van der Waals surface area contributed by atoms with Crippen LogP contribution in [-0.2, 0) is 6.61 Å². The summed E-state index contributed by atoms with van der Waals surface area (Å²) < 4.78 is 7.86. The van der Waals surface area contributed by atoms with Crippen molar-refractivity contribution in [3.8, 4) is 17.4 Å². The van der Waals surface area contributed by atoms with Gasteiger partial charge in [-0.25, -0.2) is 4.98 Å². The highest BCUT2D eigenvalue weighted by molar-refractivity contribution is 9.10. The number of aromatic nitrogens is 3. The molecule has 0 amide bonds. The van der Waals surface area contributed by atoms with Crippen molar-refractivity contribution in [1.82, 2.24) is 15.0 Å². The lowest BCUT2D eigenvalue weighted by atomic mass is 10.2. The molecular weight excluding hydrogens is 386 g/mol. The van der Waals surface area contributed by atoms with Crippen LogP contribution in [0.15, 0.2) is 64.6 Å². The minimum Gasteiger partial charge on any atom is -0.472 e. The molecular formula is C18H12BrN3OS. The summed E-state index contributed by atoms with van der Waals surface area (Å²) in [7, 11) is 0. The molecule has 24 heavy (non-hydrogen) atoms. The van der Waals surface area contributed by atoms with E-state index >= 15 is 0 Å². The van der Waals surface area contributed by atoms with Crippen LogP contribution in [0, 0.1) is 0 Å². The number of fused-ring (bicyclic) bond motifs is 1. The summed E-state index contributed by atoms with van der Waals surface area (Å²) in [6.45, 7) is 0.462. The van der Waals surface area contributed by atoms with Crippen molar-refractivity contribution < 1.29 is 4.74 Å². The predicted octanol–water partition coefficient (Wildman–Crippen LogP) is 5.09. The summed E-state index contributed by atoms with van der Waals surface area (Å²) in [4.78, 5) is 13.6. The van der Waals surface area contributed by atoms with Gasteiger partial charge in [0, 0.05) is 11.6 Å². The van der Waals surface area contributed by atoms with Crippen LogP contribution in [0.5, 0.6) is 5.88 Å². The van der Waals surface area contributed by atoms with Gasteiger partial charge in [0.25, 0.3) is 0 Å². The van der Waals surface area contributed by atoms with Crippen LogP contribution in [0.4, 0.5) is 0 Å². The van der Waals surface area contributed by atoms with E-state index in [2.05, 4.69) is 30.9 Å². The molecule has 0 N–H and O–H groups in total. The number of thiophene rings is 1. The number of hydrogen-bond acceptors (Lipinski definition) is 5. The normalized spacial score (nSPS) is 10.9. The highest BCUT2D eigenvalue weighted by atomic mass is 79.9. The van der Waals surface area contributed by atoms with E-state index in [-0.39, 0.29) is 0 Å². The zero-order valence-electron chi connectivity index (χ0n) is 12.5. The predicted molar refractivity (Wildman–Crippen MR) is 99.1 cm³/mol. The number of ether oxygens (including phenoxy) is 1. The molecule has 0 bridgehead atoms. The average Bonchev–Trinajstić information content (AvgIpc) is 3.02. The highest BCUT2D eigenvalue weighted by Crippen LogP contribution is 2.36. The number of pyridine rings is 1. The summed E-state index contributed by atoms with van der Waals surface area (Å²) in [5, 5.41) is 2.00. The zero-order valence-corrected chi connectivity index (χ0v) is 14.9. The van der Waals surface area contributed by atoms with Crippen LogP contribution in [0.3, 0.4) is 0 Å². The third-order valence-electron chi connectivity index (χ3n) is 3.45. The van der Waals surface area contributed by atoms with Gasteiger partial charge in [-0.1, -0.05) is 36.4 Å². The molecule has 0 fully saturated rings. The van der Waals surface area contributed by atoms with Crippen LogP contribution in [0.1, 0.15) is 5.56 Å². The molecule has 0 saturated carbocycles. The maximum absolute atomic E-state index is 5.99. The summed E-state index contributed by atoms with van der Waals surface area (Å²) in [6, 6.07) is 15.7. The van der Waals surface area contributed by atoms with Gasteiger partial charge in [-0.05, 0) is 33.6 Å². The van der Waals surface area contributed by atoms with E-state index in [1.807, 2.05) is 53.9 Å². The number of halogens is 1. The number of rotatable bonds is 4. The molecule has 0 unspecified atom stereocenters. The van der Waals surface area contributed by atoms with E-state index in [4.69, 9.17) is 4.74 Å². The maximum Gasteiger partial charge on any atom is 0.235 e. The van der Waals surface area contributed by atoms with Gasteiger partial charge >= 0.3 is 0 Å². The van der Waals surface area contributed by atoms with Gasteiger partial charge < -0.3 is 4.74 Å². The third-order valence-corrected chi connectivity index (χ3v) is 5.32. The van der Waals surface area contributed by atoms with Gasteiger partial charge in [0.05, 0.1) is 4.47 Å². The number of nitrogens with zero attached hydrogens (tertiary/aromatic N) is 3. The number of benzene rings is 1. The monoisotopic (exact) mass is 397 g/mol. The van der Waals surface area contributed by atoms with Gasteiger partial charge in [0.15, 0.2) is 5.82 Å². The van der Waals surface area contributed by atoms with E-state index in [0.717, 1.165) is 25.9 Å². The molecule has 4 rings (SSSR count). The smallest absolute Gasteiger partial charge is 0.235 e. The molecule has 1 aromatic carbocycles. The van der Waals surface area contributed by atoms with Crippen molar-refractivity contribution in [2.45, 2.75) is 6.61 Å². The molecule has 0 spiro atoms. The van der Waals surface area contributed by atoms with Crippen LogP contribution in [-0.4, -0.2) is 15.0 Å². The molecule has 0 radical (unpaired) electrons. The first kappa shape index (κ1) is 15.2. The molecule has 0 aliphatic heterocycles. The summed E-state index contributed by atoms with van der Waals surface area (Å²) in [5.74, 6) is 1.14. The molecule has 3 aromatic heterocycles. The Labute approximate surface area is 151 Å². The van der Waals surface area contributed by atoms with Crippen molar-refractivity contribution in [3.63, 3.8) is 0 Å². The quantitative estimate of drug-likeness (QED) is 0.480. The SMILES string of the molecule is Brc1csc2c(OCc3ccccc3)nc(-c3ccccn3)nc12. The first-order chi connectivity index (χ1) is 11.8. The first-order valence-corrected chi connectivity index (χ1v) is 9.01. The molecule has 4 aromatic rings. The van der Waals surface area contributed by atoms with E-state index in [1.54, 1.807) is 17.5 Å². The Morgan fingerprint density at radius 2 is 1.83 bits per heavy atom. The van der Waals surface area contributed by atoms with Gasteiger partial charge in [-0.3, -0.25) is 4.98 Å². The van der Waals surface area contributed by atoms with E-state index < -0.39 is 0 Å². The van der Waals surface area contributed by atoms with Gasteiger partial charge in [0.1, 0.15) is 22.5 Å². The molecule has 3 heterocycles. The standard InChI is InChI=1S/C18H12BrN3OS/c19-13-11-24-16-15(13)21-17(14-8-4-5-9-20-14)22-18(16)23-10-12-6-2-1-3-7-12/h1-9,11H,10H2. The van der Waals surface area contributed by atoms with Gasteiger partial charge in [-0.15, -0.1) is 11.3 Å². The second-order valence-electron chi connectivity index (χ2n) is 5.10. The average molecular weight is 398 g/mol. The fourth-order valence-electron chi connectivity index (χ4n) is 2.30. The molecule has 0 saturated heterocycles. The zero-order chi connectivity index (χ0) is 16.4. The topological polar surface area (TPSA) is 47.9 Å². The lowest BCUT2D eigenvalue weighted by Crippen LogP contribution is -2.00. The first-order valence-electron chi connectivity index (χ1n) is 7.34. The van der Waals surface area contributed by atoms with E-state index in [9.17, 15) is 0 Å². The Kier molecular flexibility index (Phi) is 4.23. The molecule has 0 atom stereocenters.